The first-order chi connectivity index (χ1) is 13.7. The van der Waals surface area contributed by atoms with Gasteiger partial charge in [-0.2, -0.15) is 0 Å². The monoisotopic (exact) mass is 391 g/mol. The number of hydrogen-bond donors (Lipinski definition) is 0. The Labute approximate surface area is 170 Å². The van der Waals surface area contributed by atoms with Crippen LogP contribution in [0, 0.1) is 6.92 Å². The van der Waals surface area contributed by atoms with E-state index < -0.39 is 0 Å². The number of aromatic nitrogens is 2. The number of thioether (sulfide) groups is 1. The van der Waals surface area contributed by atoms with E-state index in [0.29, 0.717) is 5.75 Å². The van der Waals surface area contributed by atoms with Gasteiger partial charge >= 0.3 is 0 Å². The highest BCUT2D eigenvalue weighted by molar-refractivity contribution is 7.99. The highest BCUT2D eigenvalue weighted by atomic mass is 32.2. The van der Waals surface area contributed by atoms with Crippen LogP contribution in [-0.2, 0) is 4.79 Å². The average Bonchev–Trinajstić information content (AvgIpc) is 3.18. The third kappa shape index (κ3) is 4.14. The fourth-order valence-corrected chi connectivity index (χ4v) is 4.45. The van der Waals surface area contributed by atoms with E-state index in [0.717, 1.165) is 48.0 Å². The molecule has 144 valence electrons. The summed E-state index contributed by atoms with van der Waals surface area (Å²) in [7, 11) is 0. The molecule has 1 aliphatic heterocycles. The smallest absolute Gasteiger partial charge is 0.233 e. The van der Waals surface area contributed by atoms with Crippen LogP contribution in [0.1, 0.15) is 24.8 Å². The molecule has 0 aliphatic carbocycles. The van der Waals surface area contributed by atoms with Crippen LogP contribution in [0.25, 0.3) is 16.9 Å². The first-order valence-electron chi connectivity index (χ1n) is 9.83. The Morgan fingerprint density at radius 1 is 1.00 bits per heavy atom. The molecule has 2 heterocycles. The number of carbonyl (C=O) groups is 1. The number of aryl methyl sites for hydroxylation is 1. The second-order valence-electron chi connectivity index (χ2n) is 7.19. The Morgan fingerprint density at radius 2 is 1.71 bits per heavy atom. The standard InChI is InChI=1S/C23H25N3OS/c1-18-10-12-20(13-11-18)26-21(19-8-4-2-5-9-19)16-24-23(26)28-17-22(27)25-14-6-3-7-15-25/h2,4-5,8-13,16H,3,6-7,14-15,17H2,1H3. The first-order valence-corrected chi connectivity index (χ1v) is 10.8. The first kappa shape index (κ1) is 18.8. The zero-order chi connectivity index (χ0) is 19.3. The van der Waals surface area contributed by atoms with Gasteiger partial charge in [-0.25, -0.2) is 4.98 Å². The Balaban J connectivity index is 1.62. The fourth-order valence-electron chi connectivity index (χ4n) is 3.55. The van der Waals surface area contributed by atoms with Crippen LogP contribution in [0.3, 0.4) is 0 Å². The van der Waals surface area contributed by atoms with Crippen LogP contribution in [0.4, 0.5) is 0 Å². The van der Waals surface area contributed by atoms with Crippen LogP contribution in [0.5, 0.6) is 0 Å². The van der Waals surface area contributed by atoms with Gasteiger partial charge in [0.25, 0.3) is 0 Å². The van der Waals surface area contributed by atoms with Gasteiger partial charge in [-0.1, -0.05) is 59.8 Å². The van der Waals surface area contributed by atoms with Gasteiger partial charge in [0.2, 0.25) is 5.91 Å². The van der Waals surface area contributed by atoms with Gasteiger partial charge in [-0.05, 0) is 38.3 Å². The molecule has 5 heteroatoms. The highest BCUT2D eigenvalue weighted by Crippen LogP contribution is 2.30. The minimum absolute atomic E-state index is 0.212. The number of benzene rings is 2. The maximum atomic E-state index is 12.6. The van der Waals surface area contributed by atoms with Crippen molar-refractivity contribution in [3.63, 3.8) is 0 Å². The van der Waals surface area contributed by atoms with E-state index in [1.165, 1.54) is 23.7 Å². The summed E-state index contributed by atoms with van der Waals surface area (Å²) in [4.78, 5) is 19.3. The Hall–Kier alpha value is -2.53. The second-order valence-corrected chi connectivity index (χ2v) is 8.14. The highest BCUT2D eigenvalue weighted by Gasteiger charge is 2.19. The minimum Gasteiger partial charge on any atom is -0.342 e. The number of amides is 1. The zero-order valence-corrected chi connectivity index (χ0v) is 17.0. The molecule has 0 atom stereocenters. The SMILES string of the molecule is Cc1ccc(-n2c(-c3ccccc3)cnc2SCC(=O)N2CCCCC2)cc1. The maximum Gasteiger partial charge on any atom is 0.233 e. The van der Waals surface area contributed by atoms with Gasteiger partial charge in [-0.15, -0.1) is 0 Å². The summed E-state index contributed by atoms with van der Waals surface area (Å²) >= 11 is 1.52. The number of hydrogen-bond acceptors (Lipinski definition) is 3. The lowest BCUT2D eigenvalue weighted by atomic mass is 10.1. The van der Waals surface area contributed by atoms with Crippen molar-refractivity contribution in [2.75, 3.05) is 18.8 Å². The number of rotatable bonds is 5. The van der Waals surface area contributed by atoms with E-state index >= 15 is 0 Å². The van der Waals surface area contributed by atoms with Crippen molar-refractivity contribution in [1.29, 1.82) is 0 Å². The summed E-state index contributed by atoms with van der Waals surface area (Å²) in [5.74, 6) is 0.640. The minimum atomic E-state index is 0.212. The predicted octanol–water partition coefficient (Wildman–Crippen LogP) is 4.95. The van der Waals surface area contributed by atoms with E-state index in [1.54, 1.807) is 0 Å². The van der Waals surface area contributed by atoms with Gasteiger partial charge in [0, 0.05) is 24.3 Å². The normalized spacial score (nSPS) is 14.2. The summed E-state index contributed by atoms with van der Waals surface area (Å²) in [5, 5.41) is 0.855. The molecule has 1 aliphatic rings. The molecule has 4 rings (SSSR count). The van der Waals surface area contributed by atoms with Crippen molar-refractivity contribution < 1.29 is 4.79 Å². The van der Waals surface area contributed by atoms with Crippen molar-refractivity contribution in [1.82, 2.24) is 14.5 Å². The Bertz CT molecular complexity index is 928. The molecule has 1 fully saturated rings. The van der Waals surface area contributed by atoms with Gasteiger partial charge in [0.05, 0.1) is 17.6 Å². The molecule has 1 saturated heterocycles. The van der Waals surface area contributed by atoms with Crippen LogP contribution in [0.2, 0.25) is 0 Å². The summed E-state index contributed by atoms with van der Waals surface area (Å²) < 4.78 is 2.16. The second kappa shape index (κ2) is 8.65. The average molecular weight is 392 g/mol. The molecule has 0 bridgehead atoms. The van der Waals surface area contributed by atoms with Crippen molar-refractivity contribution in [3.8, 4) is 16.9 Å². The molecule has 28 heavy (non-hydrogen) atoms. The van der Waals surface area contributed by atoms with Crippen molar-refractivity contribution in [2.45, 2.75) is 31.3 Å². The molecule has 4 nitrogen and oxygen atoms in total. The maximum absolute atomic E-state index is 12.6. The number of nitrogens with zero attached hydrogens (tertiary/aromatic N) is 3. The lowest BCUT2D eigenvalue weighted by Gasteiger charge is -2.26. The van der Waals surface area contributed by atoms with E-state index in [1.807, 2.05) is 29.3 Å². The summed E-state index contributed by atoms with van der Waals surface area (Å²) in [6.45, 7) is 3.87. The zero-order valence-electron chi connectivity index (χ0n) is 16.2. The molecular formula is C23H25N3OS. The Morgan fingerprint density at radius 3 is 2.43 bits per heavy atom. The fraction of sp³-hybridized carbons (Fsp3) is 0.304. The summed E-state index contributed by atoms with van der Waals surface area (Å²) in [6.07, 6.45) is 5.37. The van der Waals surface area contributed by atoms with E-state index in [9.17, 15) is 4.79 Å². The van der Waals surface area contributed by atoms with Gasteiger partial charge < -0.3 is 4.90 Å². The number of likely N-dealkylation sites (tertiary alicyclic amines) is 1. The number of carbonyl (C=O) groups excluding carboxylic acids is 1. The van der Waals surface area contributed by atoms with Crippen LogP contribution in [-0.4, -0.2) is 39.2 Å². The summed E-state index contributed by atoms with van der Waals surface area (Å²) in [6, 6.07) is 18.7. The predicted molar refractivity (Wildman–Crippen MR) is 115 cm³/mol. The molecule has 1 amide bonds. The number of imidazole rings is 1. The lowest BCUT2D eigenvalue weighted by Crippen LogP contribution is -2.36. The van der Waals surface area contributed by atoms with Crippen LogP contribution >= 0.6 is 11.8 Å². The summed E-state index contributed by atoms with van der Waals surface area (Å²) in [5.41, 5.74) is 4.44. The van der Waals surface area contributed by atoms with Crippen molar-refractivity contribution in [2.24, 2.45) is 0 Å². The largest absolute Gasteiger partial charge is 0.342 e. The number of piperidine rings is 1. The quantitative estimate of drug-likeness (QED) is 0.578. The third-order valence-corrected chi connectivity index (χ3v) is 6.06. The van der Waals surface area contributed by atoms with Crippen molar-refractivity contribution in [3.05, 3.63) is 66.4 Å². The van der Waals surface area contributed by atoms with Gasteiger partial charge in [0.1, 0.15) is 0 Å². The van der Waals surface area contributed by atoms with Gasteiger partial charge in [-0.3, -0.25) is 9.36 Å². The molecule has 0 spiro atoms. The molecule has 2 aromatic carbocycles. The lowest BCUT2D eigenvalue weighted by molar-refractivity contribution is -0.129. The molecule has 0 saturated carbocycles. The molecule has 0 radical (unpaired) electrons. The molecular weight excluding hydrogens is 366 g/mol. The molecule has 0 N–H and O–H groups in total. The third-order valence-electron chi connectivity index (χ3n) is 5.12. The van der Waals surface area contributed by atoms with Crippen LogP contribution in [0.15, 0.2) is 66.0 Å². The van der Waals surface area contributed by atoms with E-state index in [4.69, 9.17) is 0 Å². The molecule has 0 unspecified atom stereocenters. The Kier molecular flexibility index (Phi) is 5.81. The van der Waals surface area contributed by atoms with Gasteiger partial charge in [0.15, 0.2) is 5.16 Å². The topological polar surface area (TPSA) is 38.1 Å². The van der Waals surface area contributed by atoms with E-state index in [2.05, 4.69) is 52.9 Å². The van der Waals surface area contributed by atoms with Crippen LogP contribution < -0.4 is 0 Å². The van der Waals surface area contributed by atoms with Crippen molar-refractivity contribution >= 4 is 17.7 Å². The van der Waals surface area contributed by atoms with E-state index in [-0.39, 0.29) is 5.91 Å². The molecule has 3 aromatic rings. The molecule has 1 aromatic heterocycles.